The van der Waals surface area contributed by atoms with Crippen LogP contribution in [-0.2, 0) is 13.1 Å². The molecule has 4 aromatic rings. The monoisotopic (exact) mass is 448 g/mol. The number of Topliss-reactive ketones (excluding diaryl/α,β-unsaturated/α-hetero) is 1. The van der Waals surface area contributed by atoms with Crippen molar-refractivity contribution in [2.75, 3.05) is 0 Å². The molecule has 0 spiro atoms. The zero-order valence-electron chi connectivity index (χ0n) is 17.0. The average molecular weight is 449 g/mol. The maximum Gasteiger partial charge on any atom is 0.245 e. The largest absolute Gasteiger partial charge is 1.00 e. The van der Waals surface area contributed by atoms with E-state index in [4.69, 9.17) is 0 Å². The fourth-order valence-electron chi connectivity index (χ4n) is 3.56. The Labute approximate surface area is 182 Å². The van der Waals surface area contributed by atoms with Crippen molar-refractivity contribution >= 4 is 16.8 Å². The molecule has 1 heterocycles. The van der Waals surface area contributed by atoms with Crippen molar-refractivity contribution in [3.05, 3.63) is 101 Å². The second kappa shape index (κ2) is 8.75. The number of imidazole rings is 1. The molecule has 0 fully saturated rings. The van der Waals surface area contributed by atoms with Crippen LogP contribution in [0, 0.1) is 20.8 Å². The van der Waals surface area contributed by atoms with Crippen LogP contribution in [0.5, 0.6) is 0 Å². The number of ketones is 1. The molecule has 0 unspecified atom stereocenters. The van der Waals surface area contributed by atoms with Crippen LogP contribution in [0.25, 0.3) is 11.0 Å². The number of rotatable bonds is 5. The van der Waals surface area contributed by atoms with Crippen LogP contribution in [0.3, 0.4) is 0 Å². The Hall–Kier alpha value is -2.72. The summed E-state index contributed by atoms with van der Waals surface area (Å²) in [4.78, 5) is 12.9. The highest BCUT2D eigenvalue weighted by Crippen LogP contribution is 2.19. The smallest absolute Gasteiger partial charge is 0.245 e. The number of carbonyl (C=O) groups is 1. The number of benzene rings is 3. The van der Waals surface area contributed by atoms with Gasteiger partial charge in [0, 0.05) is 5.56 Å². The second-order valence-corrected chi connectivity index (χ2v) is 7.57. The van der Waals surface area contributed by atoms with Crippen LogP contribution >= 0.6 is 0 Å². The van der Waals surface area contributed by atoms with Crippen molar-refractivity contribution in [3.63, 3.8) is 0 Å². The Morgan fingerprint density at radius 3 is 2.24 bits per heavy atom. The van der Waals surface area contributed by atoms with Gasteiger partial charge < -0.3 is 17.0 Å². The molecular weight excluding hydrogens is 424 g/mol. The van der Waals surface area contributed by atoms with Crippen LogP contribution in [0.15, 0.2) is 73.1 Å². The van der Waals surface area contributed by atoms with Gasteiger partial charge in [0.05, 0.1) is 0 Å². The number of fused-ring (bicyclic) bond motifs is 1. The number of halogens is 1. The van der Waals surface area contributed by atoms with Crippen molar-refractivity contribution in [1.82, 2.24) is 4.57 Å². The minimum Gasteiger partial charge on any atom is -1.00 e. The maximum atomic E-state index is 12.9. The molecule has 0 aliphatic rings. The highest BCUT2D eigenvalue weighted by atomic mass is 79.9. The molecule has 4 heteroatoms. The highest BCUT2D eigenvalue weighted by Gasteiger charge is 2.20. The first-order chi connectivity index (χ1) is 13.5. The van der Waals surface area contributed by atoms with Gasteiger partial charge in [0.25, 0.3) is 0 Å². The average Bonchev–Trinajstić information content (AvgIpc) is 2.99. The summed E-state index contributed by atoms with van der Waals surface area (Å²) < 4.78 is 4.31. The first-order valence-electron chi connectivity index (χ1n) is 9.64. The van der Waals surface area contributed by atoms with E-state index in [0.29, 0.717) is 6.54 Å². The third kappa shape index (κ3) is 4.48. The van der Waals surface area contributed by atoms with E-state index in [1.165, 1.54) is 16.7 Å². The molecule has 1 aromatic heterocycles. The van der Waals surface area contributed by atoms with E-state index in [9.17, 15) is 4.79 Å². The van der Waals surface area contributed by atoms with Crippen molar-refractivity contribution in [1.29, 1.82) is 0 Å². The van der Waals surface area contributed by atoms with Gasteiger partial charge in [-0.1, -0.05) is 60.2 Å². The van der Waals surface area contributed by atoms with Gasteiger partial charge in [0.2, 0.25) is 12.1 Å². The minimum atomic E-state index is 0. The summed E-state index contributed by atoms with van der Waals surface area (Å²) in [5, 5.41) is 0. The molecular formula is C25H25BrN2O. The molecule has 0 saturated carbocycles. The summed E-state index contributed by atoms with van der Waals surface area (Å²) in [6, 6.07) is 22.6. The molecule has 148 valence electrons. The molecule has 0 amide bonds. The van der Waals surface area contributed by atoms with Gasteiger partial charge in [0.1, 0.15) is 6.54 Å². The molecule has 0 saturated heterocycles. The lowest BCUT2D eigenvalue weighted by Gasteiger charge is -2.02. The summed E-state index contributed by atoms with van der Waals surface area (Å²) in [7, 11) is 0. The highest BCUT2D eigenvalue weighted by molar-refractivity contribution is 5.96. The van der Waals surface area contributed by atoms with Crippen LogP contribution in [0.4, 0.5) is 0 Å². The van der Waals surface area contributed by atoms with E-state index >= 15 is 0 Å². The lowest BCUT2D eigenvalue weighted by atomic mass is 10.1. The van der Waals surface area contributed by atoms with Gasteiger partial charge >= 0.3 is 0 Å². The number of aromatic nitrogens is 2. The summed E-state index contributed by atoms with van der Waals surface area (Å²) >= 11 is 0. The topological polar surface area (TPSA) is 25.9 Å². The van der Waals surface area contributed by atoms with Crippen molar-refractivity contribution < 1.29 is 26.3 Å². The lowest BCUT2D eigenvalue weighted by molar-refractivity contribution is -0.663. The van der Waals surface area contributed by atoms with E-state index in [2.05, 4.69) is 65.7 Å². The Balaban J connectivity index is 0.00000240. The normalized spacial score (nSPS) is 10.7. The van der Waals surface area contributed by atoms with Crippen molar-refractivity contribution in [2.24, 2.45) is 0 Å². The van der Waals surface area contributed by atoms with Crippen LogP contribution in [0.2, 0.25) is 0 Å². The Kier molecular flexibility index (Phi) is 6.33. The fraction of sp³-hybridized carbons (Fsp3) is 0.200. The van der Waals surface area contributed by atoms with E-state index in [-0.39, 0.29) is 22.8 Å². The van der Waals surface area contributed by atoms with Gasteiger partial charge in [-0.25, -0.2) is 9.13 Å². The predicted octanol–water partition coefficient (Wildman–Crippen LogP) is 1.79. The van der Waals surface area contributed by atoms with Crippen molar-refractivity contribution in [2.45, 2.75) is 33.9 Å². The Morgan fingerprint density at radius 2 is 1.55 bits per heavy atom. The third-order valence-corrected chi connectivity index (χ3v) is 5.37. The molecule has 0 bridgehead atoms. The number of hydrogen-bond donors (Lipinski definition) is 0. The number of hydrogen-bond acceptors (Lipinski definition) is 1. The number of nitrogens with zero attached hydrogens (tertiary/aromatic N) is 2. The van der Waals surface area contributed by atoms with Gasteiger partial charge in [0.15, 0.2) is 17.6 Å². The van der Waals surface area contributed by atoms with E-state index < -0.39 is 0 Å². The Bertz CT molecular complexity index is 1150. The molecule has 0 N–H and O–H groups in total. The quantitative estimate of drug-likeness (QED) is 0.337. The van der Waals surface area contributed by atoms with Crippen molar-refractivity contribution in [3.8, 4) is 0 Å². The number of aryl methyl sites for hydroxylation is 3. The summed E-state index contributed by atoms with van der Waals surface area (Å²) in [5.41, 5.74) is 7.91. The summed E-state index contributed by atoms with van der Waals surface area (Å²) in [6.07, 6.45) is 2.07. The molecule has 3 aromatic carbocycles. The second-order valence-electron chi connectivity index (χ2n) is 7.57. The fourth-order valence-corrected chi connectivity index (χ4v) is 3.56. The van der Waals surface area contributed by atoms with Gasteiger partial charge in [-0.2, -0.15) is 0 Å². The van der Waals surface area contributed by atoms with E-state index in [0.717, 1.165) is 28.7 Å². The molecule has 0 atom stereocenters. The van der Waals surface area contributed by atoms with Crippen LogP contribution in [-0.4, -0.2) is 10.4 Å². The first kappa shape index (κ1) is 21.0. The van der Waals surface area contributed by atoms with Crippen LogP contribution < -0.4 is 21.5 Å². The van der Waals surface area contributed by atoms with Gasteiger partial charge in [-0.15, -0.1) is 0 Å². The molecule has 4 rings (SSSR count). The predicted molar refractivity (Wildman–Crippen MR) is 113 cm³/mol. The van der Waals surface area contributed by atoms with Gasteiger partial charge in [-0.05, 0) is 49.6 Å². The molecule has 29 heavy (non-hydrogen) atoms. The summed E-state index contributed by atoms with van der Waals surface area (Å²) in [6.45, 7) is 7.41. The summed E-state index contributed by atoms with van der Waals surface area (Å²) in [5.74, 6) is 0.127. The third-order valence-electron chi connectivity index (χ3n) is 5.37. The first-order valence-corrected chi connectivity index (χ1v) is 9.64. The molecule has 0 aliphatic carbocycles. The van der Waals surface area contributed by atoms with Gasteiger partial charge in [-0.3, -0.25) is 4.79 Å². The zero-order chi connectivity index (χ0) is 19.7. The lowest BCUT2D eigenvalue weighted by Crippen LogP contribution is -3.00. The standard InChI is InChI=1S/C25H25N2O.BrH/c1-18-9-11-22(12-10-18)25(28)16-27-17-26(15-21-7-5-4-6-8-21)23-13-19(2)20(3)14-24(23)27;/h4-14,17H,15-16H2,1-3H3;1H/q+1;/p-1. The Morgan fingerprint density at radius 1 is 0.897 bits per heavy atom. The molecule has 0 radical (unpaired) electrons. The maximum absolute atomic E-state index is 12.9. The molecule has 3 nitrogen and oxygen atoms in total. The van der Waals surface area contributed by atoms with E-state index in [1.54, 1.807) is 0 Å². The van der Waals surface area contributed by atoms with E-state index in [1.807, 2.05) is 37.3 Å². The molecule has 0 aliphatic heterocycles. The SMILES string of the molecule is Cc1ccc(C(=O)Cn2c[n+](Cc3ccccc3)c3cc(C)c(C)cc32)cc1.[Br-]. The van der Waals surface area contributed by atoms with Crippen LogP contribution in [0.1, 0.15) is 32.6 Å². The number of carbonyl (C=O) groups excluding carboxylic acids is 1. The zero-order valence-corrected chi connectivity index (χ0v) is 18.6. The minimum absolute atomic E-state index is 0.